The lowest BCUT2D eigenvalue weighted by molar-refractivity contribution is -0.125. The minimum Gasteiger partial charge on any atom is -0.372 e. The number of nitrogens with one attached hydrogen (secondary N) is 2. The molecule has 0 bridgehead atoms. The van der Waals surface area contributed by atoms with E-state index in [1.54, 1.807) is 6.07 Å². The van der Waals surface area contributed by atoms with Crippen molar-refractivity contribution in [3.63, 3.8) is 0 Å². The van der Waals surface area contributed by atoms with Gasteiger partial charge in [0.15, 0.2) is 0 Å². The summed E-state index contributed by atoms with van der Waals surface area (Å²) < 4.78 is 5.97. The summed E-state index contributed by atoms with van der Waals surface area (Å²) in [4.78, 5) is 12.1. The van der Waals surface area contributed by atoms with Gasteiger partial charge in [-0.3, -0.25) is 4.79 Å². The fourth-order valence-electron chi connectivity index (χ4n) is 1.76. The number of aromatic amines is 1. The molecular weight excluding hydrogens is 326 g/mol. The third-order valence-electron chi connectivity index (χ3n) is 2.77. The number of amides is 1. The fraction of sp³-hybridized carbons (Fsp3) is 0.333. The first-order valence-electron chi connectivity index (χ1n) is 6.02. The van der Waals surface area contributed by atoms with Crippen LogP contribution in [0.4, 0.5) is 5.69 Å². The summed E-state index contributed by atoms with van der Waals surface area (Å²) >= 11 is 3.38. The minimum atomic E-state index is -0.489. The Balaban J connectivity index is 2.30. The van der Waals surface area contributed by atoms with Crippen LogP contribution in [-0.2, 0) is 9.53 Å². The molecule has 7 nitrogen and oxygen atoms in total. The molecule has 0 radical (unpaired) electrons. The van der Waals surface area contributed by atoms with Gasteiger partial charge in [-0.15, -0.1) is 10.2 Å². The molecule has 1 unspecified atom stereocenters. The summed E-state index contributed by atoms with van der Waals surface area (Å²) in [6.07, 6.45) is 0.105. The maximum Gasteiger partial charge on any atom is 0.253 e. The molecule has 2 rings (SSSR count). The molecule has 0 saturated heterocycles. The van der Waals surface area contributed by atoms with Crippen molar-refractivity contribution in [2.24, 2.45) is 0 Å². The second-order valence-electron chi connectivity index (χ2n) is 4.05. The molecule has 20 heavy (non-hydrogen) atoms. The van der Waals surface area contributed by atoms with Crippen LogP contribution in [0.2, 0.25) is 0 Å². The molecule has 8 heteroatoms. The molecule has 0 aliphatic rings. The van der Waals surface area contributed by atoms with Crippen LogP contribution in [0.5, 0.6) is 0 Å². The number of carbonyl (C=O) groups is 1. The van der Waals surface area contributed by atoms with Crippen molar-refractivity contribution >= 4 is 27.5 Å². The standard InChI is InChI=1S/C12H14BrN5O2/c1-3-10(20-2)12(19)14-9-5-4-7(13)6-8(9)11-15-17-18-16-11/h4-6,10H,3H2,1-2H3,(H,14,19)(H,15,16,17,18). The van der Waals surface area contributed by atoms with E-state index in [0.29, 0.717) is 23.5 Å². The largest absolute Gasteiger partial charge is 0.372 e. The third kappa shape index (κ3) is 3.20. The van der Waals surface area contributed by atoms with Crippen molar-refractivity contribution < 1.29 is 9.53 Å². The Kier molecular flexibility index (Phi) is 4.80. The molecular formula is C12H14BrN5O2. The Morgan fingerprint density at radius 2 is 2.35 bits per heavy atom. The van der Waals surface area contributed by atoms with Gasteiger partial charge in [0, 0.05) is 17.1 Å². The molecule has 1 aromatic carbocycles. The van der Waals surface area contributed by atoms with Gasteiger partial charge in [-0.05, 0) is 29.8 Å². The number of ether oxygens (including phenoxy) is 1. The maximum atomic E-state index is 12.1. The summed E-state index contributed by atoms with van der Waals surface area (Å²) in [6.45, 7) is 1.88. The number of rotatable bonds is 5. The Morgan fingerprint density at radius 3 is 2.95 bits per heavy atom. The number of H-pyrrole nitrogens is 1. The number of benzene rings is 1. The Morgan fingerprint density at radius 1 is 1.55 bits per heavy atom. The van der Waals surface area contributed by atoms with Crippen molar-refractivity contribution in [2.45, 2.75) is 19.4 Å². The van der Waals surface area contributed by atoms with Crippen LogP contribution in [0.25, 0.3) is 11.4 Å². The summed E-state index contributed by atoms with van der Waals surface area (Å²) in [6, 6.07) is 5.41. The van der Waals surface area contributed by atoms with Crippen molar-refractivity contribution in [3.05, 3.63) is 22.7 Å². The molecule has 0 saturated carbocycles. The van der Waals surface area contributed by atoms with Crippen LogP contribution < -0.4 is 5.32 Å². The van der Waals surface area contributed by atoms with Crippen LogP contribution in [0.15, 0.2) is 22.7 Å². The Hall–Kier alpha value is -1.80. The van der Waals surface area contributed by atoms with Crippen molar-refractivity contribution in [3.8, 4) is 11.4 Å². The number of nitrogens with zero attached hydrogens (tertiary/aromatic N) is 3. The summed E-state index contributed by atoms with van der Waals surface area (Å²) in [5, 5.41) is 16.6. The number of hydrogen-bond donors (Lipinski definition) is 2. The summed E-state index contributed by atoms with van der Waals surface area (Å²) in [5.41, 5.74) is 1.28. The molecule has 0 aliphatic heterocycles. The lowest BCUT2D eigenvalue weighted by Gasteiger charge is -2.14. The van der Waals surface area contributed by atoms with Crippen molar-refractivity contribution in [1.29, 1.82) is 0 Å². The number of halogens is 1. The second-order valence-corrected chi connectivity index (χ2v) is 4.96. The molecule has 2 N–H and O–H groups in total. The third-order valence-corrected chi connectivity index (χ3v) is 3.27. The Labute approximate surface area is 124 Å². The lowest BCUT2D eigenvalue weighted by atomic mass is 10.1. The van der Waals surface area contributed by atoms with Crippen LogP contribution in [0, 0.1) is 0 Å². The van der Waals surface area contributed by atoms with Gasteiger partial charge < -0.3 is 10.1 Å². The van der Waals surface area contributed by atoms with E-state index >= 15 is 0 Å². The number of aromatic nitrogens is 4. The van der Waals surface area contributed by atoms with Crippen LogP contribution in [0.1, 0.15) is 13.3 Å². The van der Waals surface area contributed by atoms with Gasteiger partial charge in [0.25, 0.3) is 5.91 Å². The van der Waals surface area contributed by atoms with Gasteiger partial charge in [0.05, 0.1) is 5.69 Å². The van der Waals surface area contributed by atoms with E-state index in [0.717, 1.165) is 4.47 Å². The van der Waals surface area contributed by atoms with E-state index in [1.807, 2.05) is 19.1 Å². The van der Waals surface area contributed by atoms with Gasteiger partial charge in [-0.2, -0.15) is 5.21 Å². The van der Waals surface area contributed by atoms with Gasteiger partial charge in [0.2, 0.25) is 5.82 Å². The van der Waals surface area contributed by atoms with Gasteiger partial charge >= 0.3 is 0 Å². The van der Waals surface area contributed by atoms with Crippen LogP contribution in [0.3, 0.4) is 0 Å². The van der Waals surface area contributed by atoms with Crippen LogP contribution >= 0.6 is 15.9 Å². The summed E-state index contributed by atoms with van der Waals surface area (Å²) in [5.74, 6) is 0.203. The zero-order valence-corrected chi connectivity index (χ0v) is 12.6. The van der Waals surface area contributed by atoms with Gasteiger partial charge in [-0.1, -0.05) is 22.9 Å². The molecule has 0 fully saturated rings. The highest BCUT2D eigenvalue weighted by Gasteiger charge is 2.18. The molecule has 1 aromatic heterocycles. The van der Waals surface area contributed by atoms with Crippen LogP contribution in [-0.4, -0.2) is 39.7 Å². The lowest BCUT2D eigenvalue weighted by Crippen LogP contribution is -2.29. The number of anilines is 1. The number of carbonyl (C=O) groups excluding carboxylic acids is 1. The predicted molar refractivity (Wildman–Crippen MR) is 77.0 cm³/mol. The molecule has 2 aromatic rings. The zero-order valence-electron chi connectivity index (χ0n) is 11.1. The summed E-state index contributed by atoms with van der Waals surface area (Å²) in [7, 11) is 1.51. The quantitative estimate of drug-likeness (QED) is 0.868. The highest BCUT2D eigenvalue weighted by molar-refractivity contribution is 9.10. The maximum absolute atomic E-state index is 12.1. The number of tetrazole rings is 1. The van der Waals surface area contributed by atoms with E-state index in [-0.39, 0.29) is 5.91 Å². The molecule has 0 aliphatic carbocycles. The first-order chi connectivity index (χ1) is 9.65. The predicted octanol–water partition coefficient (Wildman–Crippen LogP) is 1.99. The number of hydrogen-bond acceptors (Lipinski definition) is 5. The highest BCUT2D eigenvalue weighted by Crippen LogP contribution is 2.28. The Bertz CT molecular complexity index is 584. The van der Waals surface area contributed by atoms with Crippen molar-refractivity contribution in [1.82, 2.24) is 20.6 Å². The molecule has 106 valence electrons. The number of methoxy groups -OCH3 is 1. The smallest absolute Gasteiger partial charge is 0.253 e. The average molecular weight is 340 g/mol. The van der Waals surface area contributed by atoms with E-state index in [4.69, 9.17) is 4.74 Å². The van der Waals surface area contributed by atoms with E-state index in [9.17, 15) is 4.79 Å². The second kappa shape index (κ2) is 6.58. The van der Waals surface area contributed by atoms with Crippen molar-refractivity contribution in [2.75, 3.05) is 12.4 Å². The SMILES string of the molecule is CCC(OC)C(=O)Nc1ccc(Br)cc1-c1nn[nH]n1. The average Bonchev–Trinajstić information content (AvgIpc) is 2.96. The normalized spacial score (nSPS) is 12.2. The van der Waals surface area contributed by atoms with Gasteiger partial charge in [0.1, 0.15) is 6.10 Å². The molecule has 0 spiro atoms. The topological polar surface area (TPSA) is 92.8 Å². The zero-order chi connectivity index (χ0) is 14.5. The van der Waals surface area contributed by atoms with Gasteiger partial charge in [-0.25, -0.2) is 0 Å². The van der Waals surface area contributed by atoms with E-state index in [2.05, 4.69) is 41.9 Å². The molecule has 1 atom stereocenters. The first-order valence-corrected chi connectivity index (χ1v) is 6.82. The molecule has 1 heterocycles. The van der Waals surface area contributed by atoms with E-state index < -0.39 is 6.10 Å². The minimum absolute atomic E-state index is 0.206. The first kappa shape index (κ1) is 14.6. The highest BCUT2D eigenvalue weighted by atomic mass is 79.9. The fourth-order valence-corrected chi connectivity index (χ4v) is 2.12. The van der Waals surface area contributed by atoms with E-state index in [1.165, 1.54) is 7.11 Å². The molecule has 1 amide bonds. The monoisotopic (exact) mass is 339 g/mol.